The number of hydrogen-bond acceptors (Lipinski definition) is 4. The van der Waals surface area contributed by atoms with Crippen molar-refractivity contribution in [1.29, 1.82) is 0 Å². The molecule has 1 atom stereocenters. The lowest BCUT2D eigenvalue weighted by Crippen LogP contribution is -2.38. The van der Waals surface area contributed by atoms with Gasteiger partial charge in [-0.25, -0.2) is 0 Å². The van der Waals surface area contributed by atoms with Crippen LogP contribution >= 0.6 is 11.6 Å². The molecule has 3 N–H and O–H groups in total. The van der Waals surface area contributed by atoms with Gasteiger partial charge < -0.3 is 20.4 Å². The molecule has 1 aromatic heterocycles. The second-order valence-electron chi connectivity index (χ2n) is 5.09. The summed E-state index contributed by atoms with van der Waals surface area (Å²) < 4.78 is 5.04. The number of carbonyl (C=O) groups excluding carboxylic acids is 3. The Hall–Kier alpha value is -2.02. The first kappa shape index (κ1) is 16.4. The molecule has 0 unspecified atom stereocenters. The van der Waals surface area contributed by atoms with Crippen molar-refractivity contribution in [2.75, 3.05) is 19.0 Å². The number of nitrogens with zero attached hydrogens (tertiary/aromatic N) is 1. The van der Waals surface area contributed by atoms with Gasteiger partial charge in [0, 0.05) is 19.1 Å². The summed E-state index contributed by atoms with van der Waals surface area (Å²) in [6, 6.07) is 2.85. The molecular formula is C14H18ClN3O4. The Morgan fingerprint density at radius 2 is 2.09 bits per heavy atom. The summed E-state index contributed by atoms with van der Waals surface area (Å²) in [6.45, 7) is 1.12. The molecule has 1 fully saturated rings. The van der Waals surface area contributed by atoms with Gasteiger partial charge in [0.2, 0.25) is 5.91 Å². The predicted molar refractivity (Wildman–Crippen MR) is 79.6 cm³/mol. The number of nitrogens with one attached hydrogen (secondary N) is 1. The molecule has 1 aliphatic rings. The van der Waals surface area contributed by atoms with Crippen LogP contribution < -0.4 is 11.1 Å². The normalized spacial score (nSPS) is 17.5. The van der Waals surface area contributed by atoms with E-state index in [0.717, 1.165) is 12.8 Å². The molecule has 8 heteroatoms. The van der Waals surface area contributed by atoms with Crippen molar-refractivity contribution in [2.24, 2.45) is 5.73 Å². The minimum atomic E-state index is -0.722. The molecular weight excluding hydrogens is 310 g/mol. The lowest BCUT2D eigenvalue weighted by molar-refractivity contribution is -0.129. The van der Waals surface area contributed by atoms with E-state index in [1.54, 1.807) is 4.90 Å². The molecule has 2 heterocycles. The molecule has 1 aliphatic heterocycles. The van der Waals surface area contributed by atoms with Crippen LogP contribution in [0.1, 0.15) is 40.4 Å². The molecule has 0 saturated carbocycles. The van der Waals surface area contributed by atoms with E-state index in [-0.39, 0.29) is 29.3 Å². The van der Waals surface area contributed by atoms with E-state index in [1.165, 1.54) is 12.1 Å². The van der Waals surface area contributed by atoms with Crippen molar-refractivity contribution in [3.8, 4) is 0 Å². The van der Waals surface area contributed by atoms with E-state index in [0.29, 0.717) is 19.5 Å². The Kier molecular flexibility index (Phi) is 5.43. The van der Waals surface area contributed by atoms with E-state index in [1.807, 2.05) is 0 Å². The number of amides is 3. The van der Waals surface area contributed by atoms with Gasteiger partial charge in [0.1, 0.15) is 5.88 Å². The molecule has 2 rings (SSSR count). The molecule has 0 aliphatic carbocycles. The number of furan rings is 1. The summed E-state index contributed by atoms with van der Waals surface area (Å²) in [7, 11) is 0. The highest BCUT2D eigenvalue weighted by atomic mass is 35.5. The second kappa shape index (κ2) is 7.31. The molecule has 0 radical (unpaired) electrons. The fourth-order valence-corrected chi connectivity index (χ4v) is 2.73. The number of hydrogen-bond donors (Lipinski definition) is 2. The van der Waals surface area contributed by atoms with Crippen molar-refractivity contribution >= 4 is 29.3 Å². The third-order valence-corrected chi connectivity index (χ3v) is 3.88. The number of alkyl halides is 1. The zero-order valence-corrected chi connectivity index (χ0v) is 12.8. The lowest BCUT2D eigenvalue weighted by Gasteiger charge is -2.23. The van der Waals surface area contributed by atoms with Crippen molar-refractivity contribution < 1.29 is 18.8 Å². The summed E-state index contributed by atoms with van der Waals surface area (Å²) >= 11 is 5.58. The van der Waals surface area contributed by atoms with Gasteiger partial charge in [-0.05, 0) is 31.4 Å². The van der Waals surface area contributed by atoms with Crippen molar-refractivity contribution in [1.82, 2.24) is 10.2 Å². The quantitative estimate of drug-likeness (QED) is 0.751. The van der Waals surface area contributed by atoms with Crippen LogP contribution in [0.15, 0.2) is 16.5 Å². The number of rotatable bonds is 6. The Bertz CT molecular complexity index is 572. The maximum Gasteiger partial charge on any atom is 0.287 e. The zero-order chi connectivity index (χ0) is 16.1. The van der Waals surface area contributed by atoms with Crippen LogP contribution in [0.2, 0.25) is 0 Å². The number of carbonyl (C=O) groups is 3. The molecule has 120 valence electrons. The Morgan fingerprint density at radius 3 is 2.73 bits per heavy atom. The minimum Gasteiger partial charge on any atom is -0.446 e. The summed E-state index contributed by atoms with van der Waals surface area (Å²) in [6.07, 6.45) is 2.50. The highest BCUT2D eigenvalue weighted by Gasteiger charge is 2.27. The van der Waals surface area contributed by atoms with E-state index in [9.17, 15) is 14.4 Å². The Balaban J connectivity index is 1.81. The number of likely N-dealkylation sites (tertiary alicyclic amines) is 1. The molecule has 1 saturated heterocycles. The van der Waals surface area contributed by atoms with Crippen molar-refractivity contribution in [3.63, 3.8) is 0 Å². The van der Waals surface area contributed by atoms with Crippen LogP contribution in [-0.4, -0.2) is 47.6 Å². The van der Waals surface area contributed by atoms with Gasteiger partial charge in [-0.3, -0.25) is 14.4 Å². The first-order valence-electron chi connectivity index (χ1n) is 7.06. The SMILES string of the molecule is NC(=O)c1ccc(C(=O)NCC[C@H]2CCCN2C(=O)CCl)o1. The van der Waals surface area contributed by atoms with Gasteiger partial charge in [-0.2, -0.15) is 0 Å². The molecule has 1 aromatic rings. The predicted octanol–water partition coefficient (Wildman–Crippen LogP) is 0.728. The van der Waals surface area contributed by atoms with E-state index >= 15 is 0 Å². The molecule has 0 bridgehead atoms. The molecule has 3 amide bonds. The Morgan fingerprint density at radius 1 is 1.36 bits per heavy atom. The third-order valence-electron chi connectivity index (χ3n) is 3.65. The number of primary amides is 1. The average molecular weight is 328 g/mol. The number of halogens is 1. The van der Waals surface area contributed by atoms with E-state index < -0.39 is 11.8 Å². The third kappa shape index (κ3) is 3.79. The van der Waals surface area contributed by atoms with Gasteiger partial charge in [0.05, 0.1) is 0 Å². The van der Waals surface area contributed by atoms with Crippen molar-refractivity contribution in [3.05, 3.63) is 23.7 Å². The Labute approximate surface area is 132 Å². The van der Waals surface area contributed by atoms with Gasteiger partial charge in [-0.1, -0.05) is 0 Å². The van der Waals surface area contributed by atoms with Crippen LogP contribution in [0, 0.1) is 0 Å². The smallest absolute Gasteiger partial charge is 0.287 e. The molecule has 22 heavy (non-hydrogen) atoms. The first-order valence-corrected chi connectivity index (χ1v) is 7.59. The zero-order valence-electron chi connectivity index (χ0n) is 12.0. The van der Waals surface area contributed by atoms with Gasteiger partial charge in [0.15, 0.2) is 11.5 Å². The monoisotopic (exact) mass is 327 g/mol. The van der Waals surface area contributed by atoms with Crippen LogP contribution in [0.4, 0.5) is 0 Å². The fraction of sp³-hybridized carbons (Fsp3) is 0.500. The fourth-order valence-electron chi connectivity index (χ4n) is 2.57. The standard InChI is InChI=1S/C14H18ClN3O4/c15-8-12(19)18-7-1-2-9(18)5-6-17-14(21)11-4-3-10(22-11)13(16)20/h3-4,9H,1-2,5-8H2,(H2,16,20)(H,17,21)/t9-/m1/s1. The maximum absolute atomic E-state index is 11.9. The van der Waals surface area contributed by atoms with Crippen molar-refractivity contribution in [2.45, 2.75) is 25.3 Å². The summed E-state index contributed by atoms with van der Waals surface area (Å²) in [5.41, 5.74) is 5.05. The van der Waals surface area contributed by atoms with Crippen LogP contribution in [0.25, 0.3) is 0 Å². The summed E-state index contributed by atoms with van der Waals surface area (Å²) in [4.78, 5) is 36.2. The van der Waals surface area contributed by atoms with Crippen LogP contribution in [-0.2, 0) is 4.79 Å². The highest BCUT2D eigenvalue weighted by molar-refractivity contribution is 6.27. The van der Waals surface area contributed by atoms with Crippen LogP contribution in [0.5, 0.6) is 0 Å². The van der Waals surface area contributed by atoms with E-state index in [2.05, 4.69) is 5.32 Å². The number of nitrogens with two attached hydrogens (primary N) is 1. The minimum absolute atomic E-state index is 0.0227. The van der Waals surface area contributed by atoms with Gasteiger partial charge >= 0.3 is 0 Å². The molecule has 0 spiro atoms. The molecule has 0 aromatic carbocycles. The maximum atomic E-state index is 11.9. The average Bonchev–Trinajstić information content (AvgIpc) is 3.15. The molecule has 7 nitrogen and oxygen atoms in total. The van der Waals surface area contributed by atoms with Crippen LogP contribution in [0.3, 0.4) is 0 Å². The summed E-state index contributed by atoms with van der Waals surface area (Å²) in [5.74, 6) is -1.26. The summed E-state index contributed by atoms with van der Waals surface area (Å²) in [5, 5.41) is 2.70. The second-order valence-corrected chi connectivity index (χ2v) is 5.36. The topological polar surface area (TPSA) is 106 Å². The lowest BCUT2D eigenvalue weighted by atomic mass is 10.1. The first-order chi connectivity index (χ1) is 10.5. The largest absolute Gasteiger partial charge is 0.446 e. The van der Waals surface area contributed by atoms with Gasteiger partial charge in [0.25, 0.3) is 11.8 Å². The van der Waals surface area contributed by atoms with Gasteiger partial charge in [-0.15, -0.1) is 11.6 Å². The van der Waals surface area contributed by atoms with E-state index in [4.69, 9.17) is 21.8 Å². The highest BCUT2D eigenvalue weighted by Crippen LogP contribution is 2.20.